The van der Waals surface area contributed by atoms with Crippen LogP contribution >= 0.6 is 0 Å². The van der Waals surface area contributed by atoms with Gasteiger partial charge in [0.1, 0.15) is 0 Å². The minimum absolute atomic E-state index is 0.732. The van der Waals surface area contributed by atoms with Gasteiger partial charge in [-0.25, -0.2) is 0 Å². The molecule has 1 saturated carbocycles. The molecule has 0 aliphatic heterocycles. The average molecular weight is 246 g/mol. The fourth-order valence-electron chi connectivity index (χ4n) is 3.00. The van der Waals surface area contributed by atoms with Gasteiger partial charge in [0.05, 0.1) is 0 Å². The van der Waals surface area contributed by atoms with Crippen molar-refractivity contribution in [1.29, 1.82) is 0 Å². The second-order valence-corrected chi connectivity index (χ2v) is 5.43. The number of hydrogen-bond acceptors (Lipinski definition) is 2. The molecule has 1 fully saturated rings. The first-order valence-corrected chi connectivity index (χ1v) is 7.43. The summed E-state index contributed by atoms with van der Waals surface area (Å²) < 4.78 is 0. The van der Waals surface area contributed by atoms with E-state index in [1.54, 1.807) is 0 Å². The van der Waals surface area contributed by atoms with E-state index in [1.165, 1.54) is 50.6 Å². The maximum atomic E-state index is 5.79. The lowest BCUT2D eigenvalue weighted by molar-refractivity contribution is 0.522. The van der Waals surface area contributed by atoms with Crippen molar-refractivity contribution in [3.8, 4) is 0 Å². The quantitative estimate of drug-likeness (QED) is 0.637. The summed E-state index contributed by atoms with van der Waals surface area (Å²) in [7, 11) is 0. The van der Waals surface area contributed by atoms with Crippen molar-refractivity contribution < 1.29 is 0 Å². The van der Waals surface area contributed by atoms with Crippen LogP contribution in [0.3, 0.4) is 0 Å². The Kier molecular flexibility index (Phi) is 4.91. The summed E-state index contributed by atoms with van der Waals surface area (Å²) in [6.45, 7) is 3.43. The van der Waals surface area contributed by atoms with Crippen LogP contribution in [0.5, 0.6) is 0 Å². The topological polar surface area (TPSA) is 29.3 Å². The second kappa shape index (κ2) is 6.67. The highest BCUT2D eigenvalue weighted by molar-refractivity contribution is 5.53. The van der Waals surface area contributed by atoms with E-state index in [0.717, 1.165) is 18.3 Å². The highest BCUT2D eigenvalue weighted by Crippen LogP contribution is 2.27. The highest BCUT2D eigenvalue weighted by Gasteiger charge is 2.19. The summed E-state index contributed by atoms with van der Waals surface area (Å²) in [4.78, 5) is 2.60. The Labute approximate surface area is 111 Å². The SMILES string of the molecule is CCCN(c1ccc(N)cc1)C1CCCCCC1. The highest BCUT2D eigenvalue weighted by atomic mass is 15.2. The van der Waals surface area contributed by atoms with Gasteiger partial charge in [-0.15, -0.1) is 0 Å². The number of nitrogen functional groups attached to an aromatic ring is 1. The van der Waals surface area contributed by atoms with Crippen LogP contribution in [-0.2, 0) is 0 Å². The molecule has 100 valence electrons. The van der Waals surface area contributed by atoms with Crippen LogP contribution in [0.4, 0.5) is 11.4 Å². The normalized spacial score (nSPS) is 17.4. The minimum atomic E-state index is 0.732. The summed E-state index contributed by atoms with van der Waals surface area (Å²) in [5.41, 5.74) is 7.99. The molecular formula is C16H26N2. The van der Waals surface area contributed by atoms with E-state index >= 15 is 0 Å². The van der Waals surface area contributed by atoms with Gasteiger partial charge < -0.3 is 10.6 Å². The van der Waals surface area contributed by atoms with Crippen molar-refractivity contribution in [2.75, 3.05) is 17.2 Å². The zero-order valence-electron chi connectivity index (χ0n) is 11.6. The summed E-state index contributed by atoms with van der Waals surface area (Å²) in [6.07, 6.45) is 9.52. The van der Waals surface area contributed by atoms with Crippen molar-refractivity contribution in [2.45, 2.75) is 57.9 Å². The Bertz CT molecular complexity index is 337. The molecule has 0 radical (unpaired) electrons. The summed E-state index contributed by atoms with van der Waals surface area (Å²) in [6, 6.07) is 9.13. The van der Waals surface area contributed by atoms with E-state index in [2.05, 4.69) is 24.0 Å². The molecule has 1 aromatic carbocycles. The third kappa shape index (κ3) is 3.41. The fourth-order valence-corrected chi connectivity index (χ4v) is 3.00. The van der Waals surface area contributed by atoms with E-state index in [1.807, 2.05) is 12.1 Å². The van der Waals surface area contributed by atoms with Crippen molar-refractivity contribution >= 4 is 11.4 Å². The summed E-state index contributed by atoms with van der Waals surface area (Å²) >= 11 is 0. The third-order valence-electron chi connectivity index (χ3n) is 3.95. The molecule has 2 rings (SSSR count). The van der Waals surface area contributed by atoms with Crippen LogP contribution in [0.2, 0.25) is 0 Å². The standard InChI is InChI=1S/C16H26N2/c1-2-13-18(15-7-5-3-4-6-8-15)16-11-9-14(17)10-12-16/h9-12,15H,2-8,13,17H2,1H3. The Morgan fingerprint density at radius 1 is 1.06 bits per heavy atom. The first-order valence-electron chi connectivity index (χ1n) is 7.43. The van der Waals surface area contributed by atoms with Gasteiger partial charge in [-0.3, -0.25) is 0 Å². The molecule has 0 atom stereocenters. The lowest BCUT2D eigenvalue weighted by Gasteiger charge is -2.33. The molecule has 0 bridgehead atoms. The average Bonchev–Trinajstić information content (AvgIpc) is 2.66. The zero-order valence-corrected chi connectivity index (χ0v) is 11.6. The molecule has 0 saturated heterocycles. The summed E-state index contributed by atoms with van der Waals surface area (Å²) in [5, 5.41) is 0. The molecule has 0 aromatic heterocycles. The first-order chi connectivity index (χ1) is 8.81. The van der Waals surface area contributed by atoms with E-state index in [0.29, 0.717) is 0 Å². The molecule has 0 heterocycles. The fraction of sp³-hybridized carbons (Fsp3) is 0.625. The first kappa shape index (κ1) is 13.3. The van der Waals surface area contributed by atoms with E-state index in [-0.39, 0.29) is 0 Å². The lowest BCUT2D eigenvalue weighted by Crippen LogP contribution is -2.35. The third-order valence-corrected chi connectivity index (χ3v) is 3.95. The molecule has 2 N–H and O–H groups in total. The maximum Gasteiger partial charge on any atom is 0.0370 e. The van der Waals surface area contributed by atoms with Gasteiger partial charge in [-0.05, 0) is 43.5 Å². The molecular weight excluding hydrogens is 220 g/mol. The Balaban J connectivity index is 2.12. The molecule has 0 spiro atoms. The van der Waals surface area contributed by atoms with Crippen LogP contribution in [0.25, 0.3) is 0 Å². The van der Waals surface area contributed by atoms with E-state index in [4.69, 9.17) is 5.73 Å². The van der Waals surface area contributed by atoms with Crippen LogP contribution < -0.4 is 10.6 Å². The molecule has 18 heavy (non-hydrogen) atoms. The van der Waals surface area contributed by atoms with Crippen molar-refractivity contribution in [3.05, 3.63) is 24.3 Å². The van der Waals surface area contributed by atoms with Crippen LogP contribution in [0.1, 0.15) is 51.9 Å². The molecule has 2 nitrogen and oxygen atoms in total. The maximum absolute atomic E-state index is 5.79. The number of anilines is 2. The van der Waals surface area contributed by atoms with Crippen molar-refractivity contribution in [2.24, 2.45) is 0 Å². The van der Waals surface area contributed by atoms with Gasteiger partial charge in [-0.1, -0.05) is 32.6 Å². The number of hydrogen-bond donors (Lipinski definition) is 1. The van der Waals surface area contributed by atoms with Gasteiger partial charge in [0.25, 0.3) is 0 Å². The van der Waals surface area contributed by atoms with Crippen LogP contribution in [-0.4, -0.2) is 12.6 Å². The van der Waals surface area contributed by atoms with Crippen molar-refractivity contribution in [3.63, 3.8) is 0 Å². The van der Waals surface area contributed by atoms with Crippen molar-refractivity contribution in [1.82, 2.24) is 0 Å². The van der Waals surface area contributed by atoms with Gasteiger partial charge >= 0.3 is 0 Å². The van der Waals surface area contributed by atoms with Gasteiger partial charge in [0.2, 0.25) is 0 Å². The predicted octanol–water partition coefficient (Wildman–Crippen LogP) is 4.21. The monoisotopic (exact) mass is 246 g/mol. The Morgan fingerprint density at radius 2 is 1.67 bits per heavy atom. The van der Waals surface area contributed by atoms with E-state index < -0.39 is 0 Å². The van der Waals surface area contributed by atoms with Crippen LogP contribution in [0, 0.1) is 0 Å². The lowest BCUT2D eigenvalue weighted by atomic mass is 10.1. The second-order valence-electron chi connectivity index (χ2n) is 5.43. The molecule has 0 amide bonds. The molecule has 1 aliphatic carbocycles. The Hall–Kier alpha value is -1.18. The predicted molar refractivity (Wildman–Crippen MR) is 80.0 cm³/mol. The largest absolute Gasteiger partial charge is 0.399 e. The molecule has 2 heteroatoms. The minimum Gasteiger partial charge on any atom is -0.399 e. The number of nitrogens with two attached hydrogens (primary N) is 1. The molecule has 1 aliphatic rings. The van der Waals surface area contributed by atoms with E-state index in [9.17, 15) is 0 Å². The summed E-state index contributed by atoms with van der Waals surface area (Å²) in [5.74, 6) is 0. The van der Waals surface area contributed by atoms with Gasteiger partial charge in [0.15, 0.2) is 0 Å². The van der Waals surface area contributed by atoms with Crippen LogP contribution in [0.15, 0.2) is 24.3 Å². The number of rotatable bonds is 4. The smallest absolute Gasteiger partial charge is 0.0370 e. The zero-order chi connectivity index (χ0) is 12.8. The molecule has 1 aromatic rings. The molecule has 0 unspecified atom stereocenters. The Morgan fingerprint density at radius 3 is 2.22 bits per heavy atom. The number of nitrogens with zero attached hydrogens (tertiary/aromatic N) is 1. The van der Waals surface area contributed by atoms with Gasteiger partial charge in [0, 0.05) is 24.0 Å². The number of benzene rings is 1. The van der Waals surface area contributed by atoms with Gasteiger partial charge in [-0.2, -0.15) is 0 Å².